The third-order valence-electron chi connectivity index (χ3n) is 1.54. The molecule has 0 saturated heterocycles. The number of nitrogens with two attached hydrogens (primary N) is 2. The van der Waals surface area contributed by atoms with E-state index in [0.717, 1.165) is 0 Å². The quantitative estimate of drug-likeness (QED) is 0.227. The lowest BCUT2D eigenvalue weighted by molar-refractivity contribution is -0.142. The van der Waals surface area contributed by atoms with Gasteiger partial charge in [0.1, 0.15) is 6.61 Å². The smallest absolute Gasteiger partial charge is 0.329 e. The normalized spacial score (nSPS) is 10.9. The largest absolute Gasteiger partial charge is 0.480 e. The van der Waals surface area contributed by atoms with Gasteiger partial charge >= 0.3 is 5.97 Å². The summed E-state index contributed by atoms with van der Waals surface area (Å²) in [4.78, 5) is 10.0. The molecule has 0 aliphatic heterocycles. The SMILES string of the molecule is NCCN(N)CCOCCOCC(=O)O. The van der Waals surface area contributed by atoms with E-state index in [2.05, 4.69) is 0 Å². The predicted molar refractivity (Wildman–Crippen MR) is 54.1 cm³/mol. The highest BCUT2D eigenvalue weighted by Gasteiger charge is 1.98. The van der Waals surface area contributed by atoms with Crippen molar-refractivity contribution in [3.05, 3.63) is 0 Å². The molecule has 0 spiro atoms. The van der Waals surface area contributed by atoms with E-state index in [1.165, 1.54) is 0 Å². The van der Waals surface area contributed by atoms with Crippen molar-refractivity contribution < 1.29 is 19.4 Å². The average Bonchev–Trinajstić information content (AvgIpc) is 2.16. The number of nitrogens with zero attached hydrogens (tertiary/aromatic N) is 1. The molecule has 0 aromatic heterocycles. The van der Waals surface area contributed by atoms with E-state index in [1.54, 1.807) is 5.01 Å². The van der Waals surface area contributed by atoms with Crippen molar-refractivity contribution in [1.82, 2.24) is 5.01 Å². The number of hydrogen-bond donors (Lipinski definition) is 3. The highest BCUT2D eigenvalue weighted by Crippen LogP contribution is 1.81. The van der Waals surface area contributed by atoms with Crippen molar-refractivity contribution in [3.8, 4) is 0 Å². The lowest BCUT2D eigenvalue weighted by Crippen LogP contribution is -2.38. The molecule has 0 atom stereocenters. The molecule has 0 amide bonds. The number of hydrazine groups is 1. The zero-order valence-electron chi connectivity index (χ0n) is 8.72. The van der Waals surface area contributed by atoms with Crippen LogP contribution in [-0.2, 0) is 14.3 Å². The Morgan fingerprint density at radius 2 is 1.87 bits per heavy atom. The number of ether oxygens (including phenoxy) is 2. The summed E-state index contributed by atoms with van der Waals surface area (Å²) in [5.41, 5.74) is 5.29. The van der Waals surface area contributed by atoms with Crippen LogP contribution in [0.1, 0.15) is 0 Å². The van der Waals surface area contributed by atoms with Crippen molar-refractivity contribution in [2.45, 2.75) is 0 Å². The highest BCUT2D eigenvalue weighted by molar-refractivity contribution is 5.67. The number of carbonyl (C=O) groups is 1. The van der Waals surface area contributed by atoms with Gasteiger partial charge in [-0.15, -0.1) is 0 Å². The number of carboxylic acids is 1. The zero-order valence-corrected chi connectivity index (χ0v) is 8.72. The summed E-state index contributed by atoms with van der Waals surface area (Å²) in [7, 11) is 0. The second kappa shape index (κ2) is 9.81. The molecule has 0 aromatic rings. The fourth-order valence-corrected chi connectivity index (χ4v) is 0.839. The fourth-order valence-electron chi connectivity index (χ4n) is 0.839. The monoisotopic (exact) mass is 221 g/mol. The minimum Gasteiger partial charge on any atom is -0.480 e. The van der Waals surface area contributed by atoms with Crippen LogP contribution in [0.15, 0.2) is 0 Å². The number of aliphatic carboxylic acids is 1. The topological polar surface area (TPSA) is 111 Å². The molecule has 5 N–H and O–H groups in total. The van der Waals surface area contributed by atoms with Crippen LogP contribution in [0.25, 0.3) is 0 Å². The Balaban J connectivity index is 3.07. The summed E-state index contributed by atoms with van der Waals surface area (Å²) in [6.45, 7) is 2.55. The fraction of sp³-hybridized carbons (Fsp3) is 0.875. The van der Waals surface area contributed by atoms with Gasteiger partial charge in [0.15, 0.2) is 0 Å². The maximum Gasteiger partial charge on any atom is 0.329 e. The minimum atomic E-state index is -0.980. The minimum absolute atomic E-state index is 0.272. The van der Waals surface area contributed by atoms with Crippen LogP contribution >= 0.6 is 0 Å². The zero-order chi connectivity index (χ0) is 11.5. The van der Waals surface area contributed by atoms with Crippen LogP contribution in [0.3, 0.4) is 0 Å². The van der Waals surface area contributed by atoms with Gasteiger partial charge in [0, 0.05) is 19.6 Å². The van der Waals surface area contributed by atoms with Crippen molar-refractivity contribution >= 4 is 5.97 Å². The average molecular weight is 221 g/mol. The lowest BCUT2D eigenvalue weighted by atomic mass is 10.5. The van der Waals surface area contributed by atoms with Crippen molar-refractivity contribution in [2.75, 3.05) is 46.1 Å². The van der Waals surface area contributed by atoms with Crippen molar-refractivity contribution in [1.29, 1.82) is 0 Å². The van der Waals surface area contributed by atoms with Crippen molar-refractivity contribution in [3.63, 3.8) is 0 Å². The van der Waals surface area contributed by atoms with E-state index in [-0.39, 0.29) is 13.2 Å². The number of hydrogen-bond acceptors (Lipinski definition) is 6. The van der Waals surface area contributed by atoms with Gasteiger partial charge in [-0.25, -0.2) is 9.80 Å². The molecule has 0 fully saturated rings. The Morgan fingerprint density at radius 1 is 1.20 bits per heavy atom. The van der Waals surface area contributed by atoms with Crippen LogP contribution in [0.4, 0.5) is 0 Å². The Labute approximate surface area is 88.9 Å². The molecule has 0 bridgehead atoms. The van der Waals surface area contributed by atoms with E-state index >= 15 is 0 Å². The van der Waals surface area contributed by atoms with Crippen LogP contribution in [0, 0.1) is 0 Å². The summed E-state index contributed by atoms with van der Waals surface area (Å²) in [6, 6.07) is 0. The summed E-state index contributed by atoms with van der Waals surface area (Å²) in [5.74, 6) is 4.55. The molecule has 0 aliphatic rings. The number of carboxylic acid groups (broad SMARTS) is 1. The first-order valence-corrected chi connectivity index (χ1v) is 4.73. The molecular weight excluding hydrogens is 202 g/mol. The molecule has 0 heterocycles. The van der Waals surface area contributed by atoms with E-state index in [4.69, 9.17) is 26.2 Å². The van der Waals surface area contributed by atoms with Gasteiger partial charge in [0.2, 0.25) is 0 Å². The van der Waals surface area contributed by atoms with Crippen LogP contribution in [0.2, 0.25) is 0 Å². The van der Waals surface area contributed by atoms with Crippen molar-refractivity contribution in [2.24, 2.45) is 11.6 Å². The Morgan fingerprint density at radius 3 is 2.47 bits per heavy atom. The molecule has 0 rings (SSSR count). The van der Waals surface area contributed by atoms with Crippen LogP contribution in [0.5, 0.6) is 0 Å². The standard InChI is InChI=1S/C8H19N3O4/c9-1-2-11(10)3-4-14-5-6-15-7-8(12)13/h1-7,9-10H2,(H,12,13). The first-order valence-electron chi connectivity index (χ1n) is 4.73. The molecule has 7 nitrogen and oxygen atoms in total. The third kappa shape index (κ3) is 11.2. The molecule has 0 radical (unpaired) electrons. The van der Waals surface area contributed by atoms with Gasteiger partial charge in [0.05, 0.1) is 19.8 Å². The van der Waals surface area contributed by atoms with Gasteiger partial charge in [-0.1, -0.05) is 0 Å². The molecule has 7 heteroatoms. The van der Waals surface area contributed by atoms with Crippen LogP contribution < -0.4 is 11.6 Å². The van der Waals surface area contributed by atoms with Gasteiger partial charge in [-0.2, -0.15) is 0 Å². The van der Waals surface area contributed by atoms with Gasteiger partial charge in [-0.05, 0) is 0 Å². The molecular formula is C8H19N3O4. The van der Waals surface area contributed by atoms with E-state index in [0.29, 0.717) is 32.8 Å². The maximum atomic E-state index is 10.0. The first kappa shape index (κ1) is 14.3. The van der Waals surface area contributed by atoms with Crippen LogP contribution in [-0.4, -0.2) is 62.1 Å². The molecule has 0 saturated carbocycles. The Hall–Kier alpha value is -0.730. The molecule has 0 aromatic carbocycles. The summed E-state index contributed by atoms with van der Waals surface area (Å²) < 4.78 is 9.91. The summed E-state index contributed by atoms with van der Waals surface area (Å²) in [6.07, 6.45) is 0. The van der Waals surface area contributed by atoms with E-state index < -0.39 is 5.97 Å². The third-order valence-corrected chi connectivity index (χ3v) is 1.54. The second-order valence-corrected chi connectivity index (χ2v) is 2.88. The molecule has 15 heavy (non-hydrogen) atoms. The summed E-state index contributed by atoms with van der Waals surface area (Å²) in [5, 5.41) is 9.81. The molecule has 90 valence electrons. The maximum absolute atomic E-state index is 10.0. The Kier molecular flexibility index (Phi) is 9.33. The summed E-state index contributed by atoms with van der Waals surface area (Å²) >= 11 is 0. The van der Waals surface area contributed by atoms with E-state index in [9.17, 15) is 4.79 Å². The Bertz CT molecular complexity index is 168. The predicted octanol–water partition coefficient (Wildman–Crippen LogP) is -1.76. The molecule has 0 unspecified atom stereocenters. The highest BCUT2D eigenvalue weighted by atomic mass is 16.5. The first-order chi connectivity index (χ1) is 7.16. The number of rotatable bonds is 10. The van der Waals surface area contributed by atoms with Gasteiger partial charge < -0.3 is 20.3 Å². The van der Waals surface area contributed by atoms with Gasteiger partial charge in [-0.3, -0.25) is 5.84 Å². The van der Waals surface area contributed by atoms with E-state index in [1.807, 2.05) is 0 Å². The second-order valence-electron chi connectivity index (χ2n) is 2.88. The molecule has 0 aliphatic carbocycles. The van der Waals surface area contributed by atoms with Gasteiger partial charge in [0.25, 0.3) is 0 Å². The lowest BCUT2D eigenvalue weighted by Gasteiger charge is -2.14.